The molecule has 3 aromatic carbocycles. The number of alkyl halides is 3. The Bertz CT molecular complexity index is 1270. The second-order valence-electron chi connectivity index (χ2n) is 9.30. The Morgan fingerprint density at radius 1 is 0.949 bits per heavy atom. The maximum Gasteiger partial charge on any atom is 0.416 e. The Morgan fingerprint density at radius 2 is 1.56 bits per heavy atom. The summed E-state index contributed by atoms with van der Waals surface area (Å²) in [6, 6.07) is 21.4. The topological polar surface area (TPSA) is 68.6 Å². The van der Waals surface area contributed by atoms with Gasteiger partial charge in [-0.2, -0.15) is 18.4 Å². The molecule has 0 bridgehead atoms. The van der Waals surface area contributed by atoms with Gasteiger partial charge in [-0.15, -0.1) is 0 Å². The van der Waals surface area contributed by atoms with E-state index in [2.05, 4.69) is 16.3 Å². The van der Waals surface area contributed by atoms with Gasteiger partial charge in [0.05, 0.1) is 30.8 Å². The number of piperazine rings is 1. The molecular formula is C29H28ClF3N4O2. The van der Waals surface area contributed by atoms with Crippen LogP contribution in [-0.2, 0) is 23.9 Å². The van der Waals surface area contributed by atoms with Gasteiger partial charge in [-0.25, -0.2) is 4.79 Å². The Kier molecular flexibility index (Phi) is 9.46. The molecule has 4 rings (SSSR count). The molecule has 204 valence electrons. The van der Waals surface area contributed by atoms with E-state index in [1.165, 1.54) is 12.1 Å². The van der Waals surface area contributed by atoms with Gasteiger partial charge in [-0.05, 0) is 53.1 Å². The molecule has 10 heteroatoms. The smallest absolute Gasteiger partial charge is 0.368 e. The summed E-state index contributed by atoms with van der Waals surface area (Å²) in [6.07, 6.45) is -4.40. The lowest BCUT2D eigenvalue weighted by atomic mass is 10.1. The van der Waals surface area contributed by atoms with Crippen LogP contribution in [0.3, 0.4) is 0 Å². The highest BCUT2D eigenvalue weighted by atomic mass is 35.5. The van der Waals surface area contributed by atoms with Crippen molar-refractivity contribution in [3.63, 3.8) is 0 Å². The highest BCUT2D eigenvalue weighted by molar-refractivity contribution is 6.30. The number of halogens is 4. The van der Waals surface area contributed by atoms with Crippen molar-refractivity contribution in [2.75, 3.05) is 38.0 Å². The number of carbonyl (C=O) groups is 1. The van der Waals surface area contributed by atoms with Crippen molar-refractivity contribution in [3.05, 3.63) is 100 Å². The summed E-state index contributed by atoms with van der Waals surface area (Å²) in [5.74, 6) is 0. The van der Waals surface area contributed by atoms with Crippen LogP contribution >= 0.6 is 11.6 Å². The molecule has 1 heterocycles. The fourth-order valence-corrected chi connectivity index (χ4v) is 4.41. The van der Waals surface area contributed by atoms with Crippen LogP contribution in [0, 0.1) is 11.3 Å². The molecule has 3 aromatic rings. The number of nitrogens with one attached hydrogen (secondary N) is 1. The van der Waals surface area contributed by atoms with Crippen LogP contribution in [0.5, 0.6) is 0 Å². The largest absolute Gasteiger partial charge is 0.416 e. The first-order valence-corrected chi connectivity index (χ1v) is 12.9. The molecule has 1 fully saturated rings. The lowest BCUT2D eigenvalue weighted by Gasteiger charge is -2.36. The van der Waals surface area contributed by atoms with Crippen molar-refractivity contribution >= 4 is 23.3 Å². The molecule has 1 N–H and O–H groups in total. The molecule has 1 aliphatic rings. The number of hydrogen-bond donors (Lipinski definition) is 1. The number of anilines is 1. The lowest BCUT2D eigenvalue weighted by Crippen LogP contribution is -2.50. The molecule has 0 radical (unpaired) electrons. The number of urea groups is 1. The molecule has 1 atom stereocenters. The molecule has 0 saturated carbocycles. The summed E-state index contributed by atoms with van der Waals surface area (Å²) in [7, 11) is 0. The number of rotatable bonds is 8. The first kappa shape index (κ1) is 28.4. The van der Waals surface area contributed by atoms with E-state index in [1.807, 2.05) is 24.3 Å². The lowest BCUT2D eigenvalue weighted by molar-refractivity contribution is -0.137. The highest BCUT2D eigenvalue weighted by Crippen LogP contribution is 2.30. The highest BCUT2D eigenvalue weighted by Gasteiger charge is 2.30. The minimum Gasteiger partial charge on any atom is -0.368 e. The van der Waals surface area contributed by atoms with E-state index in [1.54, 1.807) is 29.2 Å². The van der Waals surface area contributed by atoms with Gasteiger partial charge in [0.15, 0.2) is 0 Å². The third kappa shape index (κ3) is 8.20. The Labute approximate surface area is 230 Å². The van der Waals surface area contributed by atoms with E-state index in [-0.39, 0.29) is 18.7 Å². The van der Waals surface area contributed by atoms with Crippen LogP contribution in [0.15, 0.2) is 72.8 Å². The van der Waals surface area contributed by atoms with Gasteiger partial charge >= 0.3 is 12.2 Å². The first-order valence-electron chi connectivity index (χ1n) is 12.5. The average molecular weight is 557 g/mol. The Balaban J connectivity index is 1.33. The maximum absolute atomic E-state index is 12.9. The molecule has 1 aliphatic heterocycles. The number of nitrogens with zero attached hydrogens (tertiary/aromatic N) is 3. The molecule has 1 saturated heterocycles. The van der Waals surface area contributed by atoms with E-state index in [0.717, 1.165) is 23.3 Å². The van der Waals surface area contributed by atoms with Crippen LogP contribution < -0.4 is 5.32 Å². The zero-order chi connectivity index (χ0) is 27.8. The van der Waals surface area contributed by atoms with Gasteiger partial charge in [0.25, 0.3) is 0 Å². The second-order valence-corrected chi connectivity index (χ2v) is 9.73. The van der Waals surface area contributed by atoms with Crippen LogP contribution in [0.25, 0.3) is 0 Å². The number of benzene rings is 3. The van der Waals surface area contributed by atoms with Gasteiger partial charge in [0, 0.05) is 43.4 Å². The van der Waals surface area contributed by atoms with Crippen LogP contribution in [0.1, 0.15) is 28.4 Å². The van der Waals surface area contributed by atoms with E-state index in [9.17, 15) is 18.0 Å². The third-order valence-electron chi connectivity index (χ3n) is 6.55. The van der Waals surface area contributed by atoms with Crippen molar-refractivity contribution in [1.29, 1.82) is 5.26 Å². The molecule has 2 amide bonds. The number of ether oxygens (including phenoxy) is 1. The van der Waals surface area contributed by atoms with E-state index in [4.69, 9.17) is 21.6 Å². The van der Waals surface area contributed by atoms with Gasteiger partial charge < -0.3 is 15.0 Å². The van der Waals surface area contributed by atoms with Gasteiger partial charge in [-0.3, -0.25) is 4.90 Å². The van der Waals surface area contributed by atoms with Crippen molar-refractivity contribution in [2.24, 2.45) is 0 Å². The summed E-state index contributed by atoms with van der Waals surface area (Å²) in [5.41, 5.74) is 2.41. The summed E-state index contributed by atoms with van der Waals surface area (Å²) in [5, 5.41) is 12.3. The molecule has 1 unspecified atom stereocenters. The Hall–Kier alpha value is -3.58. The normalized spacial score (nSPS) is 15.0. The summed E-state index contributed by atoms with van der Waals surface area (Å²) in [6.45, 7) is 3.05. The van der Waals surface area contributed by atoms with Gasteiger partial charge in [0.1, 0.15) is 0 Å². The zero-order valence-corrected chi connectivity index (χ0v) is 21.9. The molecule has 39 heavy (non-hydrogen) atoms. The van der Waals surface area contributed by atoms with Crippen LogP contribution in [0.4, 0.5) is 23.7 Å². The minimum absolute atomic E-state index is 0.154. The standard InChI is InChI=1S/C29H28ClF3N4O2/c30-25-9-5-23(6-10-25)27(39-20-22-1-7-24(8-2-22)29(31,32)33)19-36-15-17-37(18-16-36)28(38)35-26-11-3-21(4-12-26)13-14-34/h1-12,27H,13,15-20H2,(H,35,38). The number of carbonyl (C=O) groups excluding carboxylic acids is 1. The number of hydrogen-bond acceptors (Lipinski definition) is 4. The summed E-state index contributed by atoms with van der Waals surface area (Å²) >= 11 is 6.06. The van der Waals surface area contributed by atoms with Crippen LogP contribution in [-0.4, -0.2) is 48.6 Å². The monoisotopic (exact) mass is 556 g/mol. The zero-order valence-electron chi connectivity index (χ0n) is 21.1. The number of amides is 2. The maximum atomic E-state index is 12.9. The predicted octanol–water partition coefficient (Wildman–Crippen LogP) is 6.53. The van der Waals surface area contributed by atoms with Gasteiger partial charge in [-0.1, -0.05) is 48.0 Å². The second kappa shape index (κ2) is 13.0. The fourth-order valence-electron chi connectivity index (χ4n) is 4.29. The summed E-state index contributed by atoms with van der Waals surface area (Å²) < 4.78 is 44.9. The SMILES string of the molecule is N#CCc1ccc(NC(=O)N2CCN(CC(OCc3ccc(C(F)(F)F)cc3)c3ccc(Cl)cc3)CC2)cc1. The number of nitriles is 1. The molecule has 0 aromatic heterocycles. The van der Waals surface area contributed by atoms with Crippen molar-refractivity contribution in [1.82, 2.24) is 9.80 Å². The minimum atomic E-state index is -4.38. The molecule has 0 spiro atoms. The quantitative estimate of drug-likeness (QED) is 0.342. The molecule has 0 aliphatic carbocycles. The third-order valence-corrected chi connectivity index (χ3v) is 6.80. The average Bonchev–Trinajstić information content (AvgIpc) is 2.93. The van der Waals surface area contributed by atoms with E-state index in [0.29, 0.717) is 55.4 Å². The molecular weight excluding hydrogens is 529 g/mol. The van der Waals surface area contributed by atoms with Gasteiger partial charge in [0.2, 0.25) is 0 Å². The fraction of sp³-hybridized carbons (Fsp3) is 0.310. The van der Waals surface area contributed by atoms with Crippen LogP contribution in [0.2, 0.25) is 5.02 Å². The predicted molar refractivity (Wildman–Crippen MR) is 143 cm³/mol. The first-order chi connectivity index (χ1) is 18.7. The van der Waals surface area contributed by atoms with E-state index < -0.39 is 11.7 Å². The Morgan fingerprint density at radius 3 is 2.15 bits per heavy atom. The van der Waals surface area contributed by atoms with Crippen molar-refractivity contribution in [2.45, 2.75) is 25.3 Å². The van der Waals surface area contributed by atoms with Crippen molar-refractivity contribution in [3.8, 4) is 6.07 Å². The van der Waals surface area contributed by atoms with E-state index >= 15 is 0 Å². The molecule has 6 nitrogen and oxygen atoms in total. The van der Waals surface area contributed by atoms with Crippen molar-refractivity contribution < 1.29 is 22.7 Å². The summed E-state index contributed by atoms with van der Waals surface area (Å²) in [4.78, 5) is 16.7.